The highest BCUT2D eigenvalue weighted by atomic mass is 35.5. The van der Waals surface area contributed by atoms with E-state index in [9.17, 15) is 31.2 Å². The van der Waals surface area contributed by atoms with Crippen molar-refractivity contribution in [1.29, 1.82) is 0 Å². The Morgan fingerprint density at radius 1 is 1.00 bits per heavy atom. The fraction of sp³-hybridized carbons (Fsp3) is 0.259. The molecule has 0 saturated heterocycles. The quantitative estimate of drug-likeness (QED) is 0.384. The van der Waals surface area contributed by atoms with E-state index in [0.29, 0.717) is 21.0 Å². The van der Waals surface area contributed by atoms with Crippen LogP contribution < -0.4 is 9.62 Å². The summed E-state index contributed by atoms with van der Waals surface area (Å²) in [6.07, 6.45) is -4.74. The van der Waals surface area contributed by atoms with E-state index in [0.717, 1.165) is 22.6 Å². The summed E-state index contributed by atoms with van der Waals surface area (Å²) in [6, 6.07) is 14.9. The number of nitrogens with zero attached hydrogens (tertiary/aromatic N) is 2. The lowest BCUT2D eigenvalue weighted by Gasteiger charge is -2.32. The van der Waals surface area contributed by atoms with Crippen LogP contribution in [0.3, 0.4) is 0 Å². The predicted octanol–water partition coefficient (Wildman–Crippen LogP) is 5.03. The third kappa shape index (κ3) is 7.30. The molecule has 2 amide bonds. The molecule has 0 spiro atoms. The van der Waals surface area contributed by atoms with Crippen molar-refractivity contribution >= 4 is 39.1 Å². The highest BCUT2D eigenvalue weighted by Crippen LogP contribution is 2.33. The summed E-state index contributed by atoms with van der Waals surface area (Å²) in [5.41, 5.74) is -0.0959. The molecule has 0 fully saturated rings. The number of likely N-dealkylation sites (N-methyl/N-ethyl adjacent to an activating group) is 1. The normalized spacial score (nSPS) is 12.5. The predicted molar refractivity (Wildman–Crippen MR) is 143 cm³/mol. The van der Waals surface area contributed by atoms with E-state index in [1.165, 1.54) is 44.3 Å². The molecular weight excluding hydrogens is 555 g/mol. The number of benzene rings is 3. The standard InChI is InChI=1S/C27H27ClF3N3O4S/c1-18-10-12-24(13-11-18)39(37,38)34(23-9-5-7-21(15-23)27(29,30)31)17-25(35)33(19(2)26(36)32-3)16-20-6-4-8-22(28)14-20/h4-15,19H,16-17H2,1-3H3,(H,32,36)/t19-/m1/s1. The van der Waals surface area contributed by atoms with Crippen LogP contribution in [0.1, 0.15) is 23.6 Å². The van der Waals surface area contributed by atoms with Crippen molar-refractivity contribution in [3.63, 3.8) is 0 Å². The van der Waals surface area contributed by atoms with E-state index < -0.39 is 46.2 Å². The maximum atomic E-state index is 13.7. The van der Waals surface area contributed by atoms with Gasteiger partial charge in [-0.15, -0.1) is 0 Å². The minimum atomic E-state index is -4.74. The Bertz CT molecular complexity index is 1450. The first-order chi connectivity index (χ1) is 18.2. The van der Waals surface area contributed by atoms with E-state index in [-0.39, 0.29) is 17.1 Å². The minimum absolute atomic E-state index is 0.102. The summed E-state index contributed by atoms with van der Waals surface area (Å²) in [5.74, 6) is -1.32. The molecule has 12 heteroatoms. The van der Waals surface area contributed by atoms with E-state index in [1.54, 1.807) is 31.2 Å². The second-order valence-corrected chi connectivity index (χ2v) is 11.1. The lowest BCUT2D eigenvalue weighted by Crippen LogP contribution is -2.50. The molecule has 0 saturated carbocycles. The van der Waals surface area contributed by atoms with Gasteiger partial charge in [-0.2, -0.15) is 13.2 Å². The van der Waals surface area contributed by atoms with E-state index >= 15 is 0 Å². The third-order valence-electron chi connectivity index (χ3n) is 6.00. The number of rotatable bonds is 9. The number of sulfonamides is 1. The van der Waals surface area contributed by atoms with Crippen molar-refractivity contribution in [3.8, 4) is 0 Å². The molecule has 7 nitrogen and oxygen atoms in total. The van der Waals surface area contributed by atoms with Gasteiger partial charge in [-0.05, 0) is 61.9 Å². The zero-order valence-corrected chi connectivity index (χ0v) is 22.9. The number of halogens is 4. The van der Waals surface area contributed by atoms with Gasteiger partial charge in [0.25, 0.3) is 10.0 Å². The third-order valence-corrected chi connectivity index (χ3v) is 8.03. The van der Waals surface area contributed by atoms with Gasteiger partial charge in [0, 0.05) is 18.6 Å². The molecule has 0 radical (unpaired) electrons. The smallest absolute Gasteiger partial charge is 0.357 e. The van der Waals surface area contributed by atoms with Gasteiger partial charge in [-0.1, -0.05) is 47.5 Å². The first-order valence-corrected chi connectivity index (χ1v) is 13.6. The van der Waals surface area contributed by atoms with Gasteiger partial charge in [-0.3, -0.25) is 13.9 Å². The number of amides is 2. The Hall–Kier alpha value is -3.57. The Morgan fingerprint density at radius 2 is 1.64 bits per heavy atom. The fourth-order valence-electron chi connectivity index (χ4n) is 3.83. The number of hydrogen-bond acceptors (Lipinski definition) is 4. The lowest BCUT2D eigenvalue weighted by molar-refractivity contribution is -0.139. The van der Waals surface area contributed by atoms with Crippen LogP contribution in [0, 0.1) is 6.92 Å². The van der Waals surface area contributed by atoms with Crippen molar-refractivity contribution in [3.05, 3.63) is 94.5 Å². The van der Waals surface area contributed by atoms with Crippen molar-refractivity contribution in [2.24, 2.45) is 0 Å². The molecule has 3 aromatic rings. The van der Waals surface area contributed by atoms with Crippen LogP contribution in [-0.2, 0) is 32.3 Å². The van der Waals surface area contributed by atoms with Gasteiger partial charge in [0.1, 0.15) is 12.6 Å². The summed E-state index contributed by atoms with van der Waals surface area (Å²) >= 11 is 6.07. The van der Waals surface area contributed by atoms with Crippen LogP contribution in [-0.4, -0.2) is 44.8 Å². The van der Waals surface area contributed by atoms with Gasteiger partial charge < -0.3 is 10.2 Å². The molecule has 208 valence electrons. The van der Waals surface area contributed by atoms with Crippen LogP contribution >= 0.6 is 11.6 Å². The monoisotopic (exact) mass is 581 g/mol. The van der Waals surface area contributed by atoms with Crippen molar-refractivity contribution < 1.29 is 31.2 Å². The number of aryl methyl sites for hydroxylation is 1. The Morgan fingerprint density at radius 3 is 2.23 bits per heavy atom. The van der Waals surface area contributed by atoms with Crippen molar-refractivity contribution in [2.45, 2.75) is 37.5 Å². The molecule has 0 aliphatic heterocycles. The number of hydrogen-bond donors (Lipinski definition) is 1. The Labute approximate surface area is 230 Å². The maximum absolute atomic E-state index is 13.7. The zero-order chi connectivity index (χ0) is 29.0. The van der Waals surface area contributed by atoms with Crippen molar-refractivity contribution in [1.82, 2.24) is 10.2 Å². The number of carbonyl (C=O) groups is 2. The lowest BCUT2D eigenvalue weighted by atomic mass is 10.1. The van der Waals surface area contributed by atoms with Gasteiger partial charge >= 0.3 is 6.18 Å². The van der Waals surface area contributed by atoms with Gasteiger partial charge in [0.15, 0.2) is 0 Å². The fourth-order valence-corrected chi connectivity index (χ4v) is 5.45. The summed E-state index contributed by atoms with van der Waals surface area (Å²) in [4.78, 5) is 27.1. The van der Waals surface area contributed by atoms with Crippen LogP contribution in [0.5, 0.6) is 0 Å². The highest BCUT2D eigenvalue weighted by Gasteiger charge is 2.35. The number of nitrogens with one attached hydrogen (secondary N) is 1. The van der Waals surface area contributed by atoms with E-state index in [4.69, 9.17) is 11.6 Å². The average Bonchev–Trinajstić information content (AvgIpc) is 2.89. The average molecular weight is 582 g/mol. The molecule has 0 aliphatic carbocycles. The highest BCUT2D eigenvalue weighted by molar-refractivity contribution is 7.92. The largest absolute Gasteiger partial charge is 0.416 e. The molecule has 1 atom stereocenters. The molecular formula is C27H27ClF3N3O4S. The topological polar surface area (TPSA) is 86.8 Å². The second kappa shape index (κ2) is 12.1. The second-order valence-electron chi connectivity index (χ2n) is 8.81. The Balaban J connectivity index is 2.10. The summed E-state index contributed by atoms with van der Waals surface area (Å²) < 4.78 is 68.5. The van der Waals surface area contributed by atoms with E-state index in [1.807, 2.05) is 0 Å². The molecule has 1 N–H and O–H groups in total. The van der Waals surface area contributed by atoms with Crippen LogP contribution in [0.15, 0.2) is 77.7 Å². The summed E-state index contributed by atoms with van der Waals surface area (Å²) in [7, 11) is -3.11. The van der Waals surface area contributed by atoms with Gasteiger partial charge in [0.2, 0.25) is 11.8 Å². The molecule has 0 bridgehead atoms. The molecule has 3 aromatic carbocycles. The van der Waals surface area contributed by atoms with Crippen LogP contribution in [0.4, 0.5) is 18.9 Å². The molecule has 39 heavy (non-hydrogen) atoms. The molecule has 0 unspecified atom stereocenters. The summed E-state index contributed by atoms with van der Waals surface area (Å²) in [5, 5.41) is 2.84. The van der Waals surface area contributed by atoms with Crippen molar-refractivity contribution in [2.75, 3.05) is 17.9 Å². The van der Waals surface area contributed by atoms with E-state index in [2.05, 4.69) is 5.32 Å². The first kappa shape index (κ1) is 30.0. The summed E-state index contributed by atoms with van der Waals surface area (Å²) in [6.45, 7) is 2.25. The number of anilines is 1. The van der Waals surface area contributed by atoms with Gasteiger partial charge in [-0.25, -0.2) is 8.42 Å². The molecule has 3 rings (SSSR count). The first-order valence-electron chi connectivity index (χ1n) is 11.8. The van der Waals surface area contributed by atoms with Crippen LogP contribution in [0.2, 0.25) is 5.02 Å². The van der Waals surface area contributed by atoms with Gasteiger partial charge in [0.05, 0.1) is 16.1 Å². The molecule has 0 aromatic heterocycles. The number of alkyl halides is 3. The number of carbonyl (C=O) groups excluding carboxylic acids is 2. The maximum Gasteiger partial charge on any atom is 0.416 e. The Kier molecular flexibility index (Phi) is 9.29. The SMILES string of the molecule is CNC(=O)[C@@H](C)N(Cc1cccc(Cl)c1)C(=O)CN(c1cccc(C(F)(F)F)c1)S(=O)(=O)c1ccc(C)cc1. The molecule has 0 aliphatic rings. The minimum Gasteiger partial charge on any atom is -0.357 e. The zero-order valence-electron chi connectivity index (χ0n) is 21.4. The van der Waals surface area contributed by atoms with Crippen LogP contribution in [0.25, 0.3) is 0 Å². The molecule has 0 heterocycles.